The van der Waals surface area contributed by atoms with Gasteiger partial charge in [0.15, 0.2) is 0 Å². The van der Waals surface area contributed by atoms with Gasteiger partial charge in [0.05, 0.1) is 35.1 Å². The predicted molar refractivity (Wildman–Crippen MR) is 96.9 cm³/mol. The number of carboxylic acids is 2. The molecule has 134 valence electrons. The highest BCUT2D eigenvalue weighted by Crippen LogP contribution is 2.07. The van der Waals surface area contributed by atoms with Gasteiger partial charge in [0, 0.05) is 5.75 Å². The quantitative estimate of drug-likeness (QED) is 0.367. The smallest absolute Gasteiger partial charge is 0.336 e. The molecule has 5 N–H and O–H groups in total. The van der Waals surface area contributed by atoms with Gasteiger partial charge in [-0.25, -0.2) is 9.59 Å². The van der Waals surface area contributed by atoms with Crippen molar-refractivity contribution in [3.05, 3.63) is 48.0 Å². The van der Waals surface area contributed by atoms with E-state index in [-0.39, 0.29) is 30.9 Å². The number of aliphatic hydroxyl groups excluding tert-OH is 3. The first-order valence-electron chi connectivity index (χ1n) is 6.50. The molecule has 0 aromatic heterocycles. The van der Waals surface area contributed by atoms with Crippen LogP contribution >= 0.6 is 24.0 Å². The van der Waals surface area contributed by atoms with E-state index in [4.69, 9.17) is 25.5 Å². The fourth-order valence-corrected chi connectivity index (χ4v) is 1.65. The van der Waals surface area contributed by atoms with Crippen LogP contribution in [0.4, 0.5) is 0 Å². The second-order valence-corrected chi connectivity index (χ2v) is 5.60. The molecule has 0 fully saturated rings. The lowest BCUT2D eigenvalue weighted by molar-refractivity contribution is 0.0651. The molecule has 1 aromatic carbocycles. The van der Waals surface area contributed by atoms with Crippen molar-refractivity contribution in [2.45, 2.75) is 0 Å². The molecule has 0 unspecified atom stereocenters. The zero-order chi connectivity index (χ0) is 19.0. The van der Waals surface area contributed by atoms with Crippen molar-refractivity contribution in [2.24, 2.45) is 0 Å². The van der Waals surface area contributed by atoms with E-state index >= 15 is 0 Å². The maximum absolute atomic E-state index is 10.5. The van der Waals surface area contributed by atoms with Gasteiger partial charge in [0.25, 0.3) is 0 Å². The second-order valence-electron chi connectivity index (χ2n) is 3.73. The minimum atomic E-state index is -1.23. The van der Waals surface area contributed by atoms with Gasteiger partial charge in [-0.2, -0.15) is 0 Å². The minimum Gasteiger partial charge on any atom is -0.478 e. The average molecular weight is 376 g/mol. The van der Waals surface area contributed by atoms with Crippen LogP contribution in [0.15, 0.2) is 36.9 Å². The van der Waals surface area contributed by atoms with Gasteiger partial charge in [-0.3, -0.25) is 0 Å². The number of aromatic carboxylic acids is 2. The summed E-state index contributed by atoms with van der Waals surface area (Å²) in [6, 6.07) is 5.48. The highest BCUT2D eigenvalue weighted by molar-refractivity contribution is 8.23. The van der Waals surface area contributed by atoms with E-state index in [0.717, 1.165) is 5.75 Å². The van der Waals surface area contributed by atoms with Gasteiger partial charge in [-0.1, -0.05) is 30.4 Å². The number of thiocarbonyl (C=S) groups is 1. The van der Waals surface area contributed by atoms with Crippen molar-refractivity contribution in [1.29, 1.82) is 0 Å². The summed E-state index contributed by atoms with van der Waals surface area (Å²) in [5, 5.41) is 40.7. The van der Waals surface area contributed by atoms with Crippen LogP contribution in [-0.2, 0) is 0 Å². The summed E-state index contributed by atoms with van der Waals surface area (Å²) in [5.74, 6) is -1.67. The van der Waals surface area contributed by atoms with Gasteiger partial charge in [-0.05, 0) is 12.1 Å². The van der Waals surface area contributed by atoms with E-state index in [2.05, 4.69) is 18.8 Å². The second kappa shape index (κ2) is 16.1. The molecule has 0 amide bonds. The molecule has 0 atom stereocenters. The summed E-state index contributed by atoms with van der Waals surface area (Å²) in [6.45, 7) is 3.25. The molecule has 1 rings (SSSR count). The highest BCUT2D eigenvalue weighted by atomic mass is 32.2. The van der Waals surface area contributed by atoms with Gasteiger partial charge < -0.3 is 25.5 Å². The minimum absolute atomic E-state index is 0.00611. The SMILES string of the molecule is C=CCSC(=S)CO.O=C(O)c1ccccc1C(=O)O.OCCO. The van der Waals surface area contributed by atoms with Crippen LogP contribution < -0.4 is 0 Å². The van der Waals surface area contributed by atoms with Crippen molar-refractivity contribution in [3.63, 3.8) is 0 Å². The Morgan fingerprint density at radius 2 is 1.46 bits per heavy atom. The Bertz CT molecular complexity index is 497. The fraction of sp³-hybridized carbons (Fsp3) is 0.267. The largest absolute Gasteiger partial charge is 0.478 e. The lowest BCUT2D eigenvalue weighted by atomic mass is 10.1. The normalized spacial score (nSPS) is 8.79. The van der Waals surface area contributed by atoms with Crippen LogP contribution in [0.2, 0.25) is 0 Å². The Kier molecular flexibility index (Phi) is 16.4. The van der Waals surface area contributed by atoms with Gasteiger partial charge >= 0.3 is 11.9 Å². The molecule has 0 spiro atoms. The number of hydrogen-bond donors (Lipinski definition) is 5. The van der Waals surface area contributed by atoms with Gasteiger partial charge in [-0.15, -0.1) is 18.3 Å². The number of aliphatic hydroxyl groups is 3. The molecule has 0 aliphatic carbocycles. The first-order valence-corrected chi connectivity index (χ1v) is 7.89. The third-order valence-electron chi connectivity index (χ3n) is 1.98. The molecule has 0 bridgehead atoms. The van der Waals surface area contributed by atoms with Crippen molar-refractivity contribution < 1.29 is 35.1 Å². The number of hydrogen-bond acceptors (Lipinski definition) is 7. The zero-order valence-corrected chi connectivity index (χ0v) is 14.4. The first-order chi connectivity index (χ1) is 11.3. The van der Waals surface area contributed by atoms with Crippen molar-refractivity contribution in [1.82, 2.24) is 0 Å². The van der Waals surface area contributed by atoms with Gasteiger partial charge in [0.1, 0.15) is 0 Å². The number of carbonyl (C=O) groups is 2. The molecule has 0 radical (unpaired) electrons. The van der Waals surface area contributed by atoms with E-state index in [0.29, 0.717) is 4.20 Å². The zero-order valence-electron chi connectivity index (χ0n) is 12.8. The van der Waals surface area contributed by atoms with Gasteiger partial charge in [0.2, 0.25) is 0 Å². The third kappa shape index (κ3) is 12.7. The number of benzene rings is 1. The van der Waals surface area contributed by atoms with Crippen LogP contribution in [0, 0.1) is 0 Å². The molecule has 7 nitrogen and oxygen atoms in total. The maximum atomic E-state index is 10.5. The van der Waals surface area contributed by atoms with E-state index in [1.165, 1.54) is 36.0 Å². The van der Waals surface area contributed by atoms with Crippen molar-refractivity contribution >= 4 is 40.1 Å². The van der Waals surface area contributed by atoms with Crippen LogP contribution in [0.1, 0.15) is 20.7 Å². The molecule has 24 heavy (non-hydrogen) atoms. The van der Waals surface area contributed by atoms with Crippen LogP contribution in [0.3, 0.4) is 0 Å². The predicted octanol–water partition coefficient (Wildman–Crippen LogP) is 1.28. The molecule has 0 aliphatic rings. The van der Waals surface area contributed by atoms with Crippen LogP contribution in [-0.4, -0.2) is 67.2 Å². The summed E-state index contributed by atoms with van der Waals surface area (Å²) in [5.41, 5.74) is -0.380. The summed E-state index contributed by atoms with van der Waals surface area (Å²) in [7, 11) is 0. The Morgan fingerprint density at radius 3 is 1.71 bits per heavy atom. The van der Waals surface area contributed by atoms with E-state index < -0.39 is 11.9 Å². The molecule has 0 heterocycles. The third-order valence-corrected chi connectivity index (χ3v) is 3.32. The molecule has 1 aromatic rings. The van der Waals surface area contributed by atoms with E-state index in [1.54, 1.807) is 6.08 Å². The average Bonchev–Trinajstić information content (AvgIpc) is 2.60. The Hall–Kier alpha value is -1.78. The van der Waals surface area contributed by atoms with E-state index in [9.17, 15) is 9.59 Å². The summed E-state index contributed by atoms with van der Waals surface area (Å²) < 4.78 is 0.630. The van der Waals surface area contributed by atoms with E-state index in [1.807, 2.05) is 0 Å². The molecular formula is C15H20O7S2. The topological polar surface area (TPSA) is 135 Å². The first kappa shape index (κ1) is 24.5. The lowest BCUT2D eigenvalue weighted by Crippen LogP contribution is -2.06. The Balaban J connectivity index is 0. The summed E-state index contributed by atoms with van der Waals surface area (Å²) in [6.07, 6.45) is 1.76. The number of carboxylic acid groups (broad SMARTS) is 2. The fourth-order valence-electron chi connectivity index (χ4n) is 1.05. The summed E-state index contributed by atoms with van der Waals surface area (Å²) in [4.78, 5) is 20.9. The Morgan fingerprint density at radius 1 is 1.04 bits per heavy atom. The standard InChI is InChI=1S/C8H6O4.C5H8OS2.C2H6O2/c9-7(10)5-3-1-2-4-6(5)8(11)12;1-2-3-8-5(7)4-6;3-1-2-4/h1-4H,(H,9,10)(H,11,12);2,6H,1,3-4H2;3-4H,1-2H2. The molecular weight excluding hydrogens is 356 g/mol. The van der Waals surface area contributed by atoms with Crippen LogP contribution in [0.5, 0.6) is 0 Å². The molecule has 0 saturated carbocycles. The molecule has 0 saturated heterocycles. The number of rotatable bonds is 6. The van der Waals surface area contributed by atoms with Crippen LogP contribution in [0.25, 0.3) is 0 Å². The molecule has 9 heteroatoms. The maximum Gasteiger partial charge on any atom is 0.336 e. The summed E-state index contributed by atoms with van der Waals surface area (Å²) >= 11 is 6.13. The monoisotopic (exact) mass is 376 g/mol. The van der Waals surface area contributed by atoms with Crippen molar-refractivity contribution in [3.8, 4) is 0 Å². The lowest BCUT2D eigenvalue weighted by Gasteiger charge is -1.98. The van der Waals surface area contributed by atoms with Crippen molar-refractivity contribution in [2.75, 3.05) is 25.6 Å². The number of thioether (sulfide) groups is 1. The Labute approximate surface area is 149 Å². The highest BCUT2D eigenvalue weighted by Gasteiger charge is 2.13. The molecule has 0 aliphatic heterocycles.